The molecule has 7 heteroatoms. The van der Waals surface area contributed by atoms with Gasteiger partial charge in [0.05, 0.1) is 19.3 Å². The number of hydrogen-bond donors (Lipinski definition) is 0. The monoisotopic (exact) mass is 412 g/mol. The van der Waals surface area contributed by atoms with Crippen LogP contribution in [0.4, 0.5) is 0 Å². The van der Waals surface area contributed by atoms with Gasteiger partial charge in [-0.25, -0.2) is 0 Å². The molecule has 0 saturated carbocycles. The van der Waals surface area contributed by atoms with Crippen molar-refractivity contribution in [3.63, 3.8) is 0 Å². The lowest BCUT2D eigenvalue weighted by Gasteiger charge is -2.36. The number of hydrogen-bond acceptors (Lipinski definition) is 5. The molecule has 0 aliphatic carbocycles. The van der Waals surface area contributed by atoms with Crippen LogP contribution in [0.25, 0.3) is 0 Å². The van der Waals surface area contributed by atoms with Crippen molar-refractivity contribution in [3.8, 4) is 0 Å². The fraction of sp³-hybridized carbons (Fsp3) is 0.810. The lowest BCUT2D eigenvalue weighted by atomic mass is 10.0. The molecule has 0 unspecified atom stereocenters. The van der Waals surface area contributed by atoms with E-state index < -0.39 is 8.32 Å². The molecular formula is C21H40N2O4Si. The average Bonchev–Trinajstić information content (AvgIpc) is 2.99. The van der Waals surface area contributed by atoms with E-state index in [2.05, 4.69) is 57.8 Å². The number of nitro groups is 1. The second kappa shape index (κ2) is 10.6. The van der Waals surface area contributed by atoms with Crippen molar-refractivity contribution in [2.24, 2.45) is 5.92 Å². The lowest BCUT2D eigenvalue weighted by Crippen LogP contribution is -2.40. The molecule has 2 atom stereocenters. The molecule has 1 aliphatic heterocycles. The average molecular weight is 413 g/mol. The van der Waals surface area contributed by atoms with Crippen LogP contribution in [0.1, 0.15) is 47.5 Å². The Morgan fingerprint density at radius 2 is 2.04 bits per heavy atom. The maximum Gasteiger partial charge on any atom is 0.209 e. The first-order chi connectivity index (χ1) is 12.9. The van der Waals surface area contributed by atoms with Crippen molar-refractivity contribution in [2.45, 2.75) is 71.6 Å². The van der Waals surface area contributed by atoms with Crippen LogP contribution in [0.3, 0.4) is 0 Å². The highest BCUT2D eigenvalue weighted by molar-refractivity contribution is 6.74. The summed E-state index contributed by atoms with van der Waals surface area (Å²) in [5.74, 6) is -0.126. The molecule has 162 valence electrons. The van der Waals surface area contributed by atoms with Crippen molar-refractivity contribution in [1.29, 1.82) is 0 Å². The first-order valence-corrected chi connectivity index (χ1v) is 13.2. The van der Waals surface area contributed by atoms with Gasteiger partial charge in [-0.05, 0) is 43.5 Å². The number of likely N-dealkylation sites (tertiary alicyclic amines) is 1. The van der Waals surface area contributed by atoms with Crippen LogP contribution < -0.4 is 0 Å². The van der Waals surface area contributed by atoms with Crippen LogP contribution in [0.15, 0.2) is 23.4 Å². The Balaban J connectivity index is 3.03. The molecule has 1 aliphatic rings. The Morgan fingerprint density at radius 1 is 1.39 bits per heavy atom. The van der Waals surface area contributed by atoms with Gasteiger partial charge in [-0.2, -0.15) is 0 Å². The van der Waals surface area contributed by atoms with Gasteiger partial charge in [0.1, 0.15) is 0 Å². The molecule has 1 heterocycles. The van der Waals surface area contributed by atoms with Gasteiger partial charge in [-0.15, -0.1) is 0 Å². The highest BCUT2D eigenvalue weighted by Gasteiger charge is 2.36. The minimum Gasteiger partial charge on any atom is -0.413 e. The standard InChI is InChI=1S/C21H40N2O4Si/c1-17(15-23(24)25)14-20(22-12-9-10-19(22)16-26-6)18(2)11-13-27-28(7,8)21(3,4)5/h11,14,17,19H,9-10,12-13,15-16H2,1-8H3/b18-11-,20-14+/t17-,19-/m0/s1. The number of ether oxygens (including phenoxy) is 1. The molecule has 0 amide bonds. The molecular weight excluding hydrogens is 372 g/mol. The predicted molar refractivity (Wildman–Crippen MR) is 118 cm³/mol. The van der Waals surface area contributed by atoms with Crippen molar-refractivity contribution in [1.82, 2.24) is 4.90 Å². The Hall–Kier alpha value is -1.18. The Morgan fingerprint density at radius 3 is 2.57 bits per heavy atom. The summed E-state index contributed by atoms with van der Waals surface area (Å²) in [5, 5.41) is 11.1. The van der Waals surface area contributed by atoms with E-state index in [0.29, 0.717) is 19.3 Å². The highest BCUT2D eigenvalue weighted by atomic mass is 28.4. The number of rotatable bonds is 10. The van der Waals surface area contributed by atoms with E-state index in [9.17, 15) is 10.1 Å². The minimum atomic E-state index is -1.80. The van der Waals surface area contributed by atoms with E-state index in [4.69, 9.17) is 9.16 Å². The largest absolute Gasteiger partial charge is 0.413 e. The Labute approximate surface area is 172 Å². The summed E-state index contributed by atoms with van der Waals surface area (Å²) in [7, 11) is -0.0777. The summed E-state index contributed by atoms with van der Waals surface area (Å²) in [5.41, 5.74) is 2.21. The molecule has 1 saturated heterocycles. The van der Waals surface area contributed by atoms with Crippen LogP contribution in [0.2, 0.25) is 18.1 Å². The summed E-state index contributed by atoms with van der Waals surface area (Å²) in [6.45, 7) is 17.4. The van der Waals surface area contributed by atoms with E-state index in [1.54, 1.807) is 7.11 Å². The molecule has 0 radical (unpaired) electrons. The van der Waals surface area contributed by atoms with Gasteiger partial charge in [0.25, 0.3) is 0 Å². The molecule has 0 aromatic heterocycles. The van der Waals surface area contributed by atoms with E-state index in [1.807, 2.05) is 6.92 Å². The zero-order chi connectivity index (χ0) is 21.5. The smallest absolute Gasteiger partial charge is 0.209 e. The molecule has 0 bridgehead atoms. The zero-order valence-electron chi connectivity index (χ0n) is 19.1. The summed E-state index contributed by atoms with van der Waals surface area (Å²) in [6, 6.07) is 0.323. The van der Waals surface area contributed by atoms with E-state index in [0.717, 1.165) is 30.7 Å². The third-order valence-corrected chi connectivity index (χ3v) is 10.5. The van der Waals surface area contributed by atoms with Crippen molar-refractivity contribution < 1.29 is 14.1 Å². The maximum atomic E-state index is 10.9. The van der Waals surface area contributed by atoms with Crippen LogP contribution in [0.5, 0.6) is 0 Å². The van der Waals surface area contributed by atoms with E-state index in [-0.39, 0.29) is 22.4 Å². The molecule has 28 heavy (non-hydrogen) atoms. The second-order valence-corrected chi connectivity index (χ2v) is 14.3. The molecule has 0 spiro atoms. The summed E-state index contributed by atoms with van der Waals surface area (Å²) < 4.78 is 11.7. The first-order valence-electron chi connectivity index (χ1n) is 10.3. The van der Waals surface area contributed by atoms with Gasteiger partial charge in [-0.1, -0.05) is 39.8 Å². The predicted octanol–water partition coefficient (Wildman–Crippen LogP) is 4.86. The fourth-order valence-electron chi connectivity index (χ4n) is 3.23. The summed E-state index contributed by atoms with van der Waals surface area (Å²) >= 11 is 0. The van der Waals surface area contributed by atoms with Crippen LogP contribution in [-0.4, -0.2) is 57.6 Å². The first kappa shape index (κ1) is 24.9. The molecule has 0 N–H and O–H groups in total. The quantitative estimate of drug-likeness (QED) is 0.222. The summed E-state index contributed by atoms with van der Waals surface area (Å²) in [6.07, 6.45) is 6.38. The van der Waals surface area contributed by atoms with E-state index >= 15 is 0 Å². The number of allylic oxidation sites excluding steroid dienone is 1. The minimum absolute atomic E-state index is 0.0555. The molecule has 0 aromatic carbocycles. The van der Waals surface area contributed by atoms with E-state index in [1.165, 1.54) is 0 Å². The van der Waals surface area contributed by atoms with Gasteiger partial charge >= 0.3 is 0 Å². The third-order valence-electron chi connectivity index (χ3n) is 5.97. The zero-order valence-corrected chi connectivity index (χ0v) is 20.1. The third kappa shape index (κ3) is 7.33. The second-order valence-electron chi connectivity index (χ2n) is 9.45. The van der Waals surface area contributed by atoms with Gasteiger partial charge in [0.15, 0.2) is 8.32 Å². The Kier molecular flexibility index (Phi) is 9.37. The molecule has 1 rings (SSSR count). The van der Waals surface area contributed by atoms with Crippen LogP contribution >= 0.6 is 0 Å². The van der Waals surface area contributed by atoms with Crippen LogP contribution in [0, 0.1) is 16.0 Å². The van der Waals surface area contributed by atoms with Gasteiger partial charge in [-0.3, -0.25) is 10.1 Å². The van der Waals surface area contributed by atoms with Crippen molar-refractivity contribution in [3.05, 3.63) is 33.5 Å². The fourth-order valence-corrected chi connectivity index (χ4v) is 4.16. The Bertz CT molecular complexity index is 581. The topological polar surface area (TPSA) is 64.8 Å². The molecule has 1 fully saturated rings. The summed E-state index contributed by atoms with van der Waals surface area (Å²) in [4.78, 5) is 13.1. The normalized spacial score (nSPS) is 20.6. The lowest BCUT2D eigenvalue weighted by molar-refractivity contribution is -0.485. The number of nitrogens with zero attached hydrogens (tertiary/aromatic N) is 2. The maximum absolute atomic E-state index is 10.9. The van der Waals surface area contributed by atoms with Gasteiger partial charge in [0, 0.05) is 30.2 Å². The van der Waals surface area contributed by atoms with Gasteiger partial charge in [0.2, 0.25) is 6.54 Å². The van der Waals surface area contributed by atoms with Crippen molar-refractivity contribution in [2.75, 3.05) is 33.4 Å². The molecule has 0 aromatic rings. The van der Waals surface area contributed by atoms with Crippen molar-refractivity contribution >= 4 is 8.32 Å². The number of methoxy groups -OCH3 is 1. The SMILES string of the molecule is COC[C@@H]1CCCN1C(=C/[C@H](C)C[N+](=O)[O-])/C(C)=C\CO[Si](C)(C)C(C)(C)C. The van der Waals surface area contributed by atoms with Gasteiger partial charge < -0.3 is 14.1 Å². The highest BCUT2D eigenvalue weighted by Crippen LogP contribution is 2.36. The van der Waals surface area contributed by atoms with Crippen LogP contribution in [-0.2, 0) is 9.16 Å². The molecule has 6 nitrogen and oxygen atoms in total.